The van der Waals surface area contributed by atoms with Gasteiger partial charge in [0.1, 0.15) is 0 Å². The average Bonchev–Trinajstić information content (AvgIpc) is 2.89. The smallest absolute Gasteiger partial charge is 0.546 e. The van der Waals surface area contributed by atoms with Gasteiger partial charge in [0.15, 0.2) is 0 Å². The Labute approximate surface area is 230 Å². The van der Waals surface area contributed by atoms with Crippen LogP contribution in [0, 0.1) is 0 Å². The van der Waals surface area contributed by atoms with Gasteiger partial charge in [0.2, 0.25) is 0 Å². The molecule has 0 aliphatic heterocycles. The number of hydrogen-bond donors (Lipinski definition) is 0. The molecule has 0 saturated heterocycles. The molecule has 0 N–H and O–H groups in total. The van der Waals surface area contributed by atoms with Crippen LogP contribution in [0.5, 0.6) is 0 Å². The van der Waals surface area contributed by atoms with Crippen LogP contribution in [0.25, 0.3) is 0 Å². The summed E-state index contributed by atoms with van der Waals surface area (Å²) in [6.07, 6.45) is 25.2. The fraction of sp³-hybridized carbons (Fsp3) is 0.933. The van der Waals surface area contributed by atoms with Gasteiger partial charge in [0, 0.05) is 19.5 Å². The van der Waals surface area contributed by atoms with Gasteiger partial charge >= 0.3 is 1.43 Å². The first-order chi connectivity index (χ1) is 17.8. The molecule has 2 fully saturated rings. The standard InChI is InChI=1S/C16H36P.2C7H12O3/c1-5-9-13-17(14-10-6-2,15-11-7-3)16-12-8-4;2*8-7(9)10-6-4-2-1-3-5-6/h5-16H2,1-4H3;2*6H,1-5H2,(H,8,9)/q+1;;/p-1. The topological polar surface area (TPSA) is 98.7 Å². The highest BCUT2D eigenvalue weighted by atomic mass is 31.2. The van der Waals surface area contributed by atoms with Gasteiger partial charge in [-0.3, -0.25) is 0 Å². The number of rotatable bonds is 14. The molecule has 0 unspecified atom stereocenters. The highest BCUT2D eigenvalue weighted by molar-refractivity contribution is 7.75. The zero-order chi connectivity index (χ0) is 27.8. The van der Waals surface area contributed by atoms with Crippen molar-refractivity contribution >= 4 is 19.6 Å². The van der Waals surface area contributed by atoms with E-state index in [9.17, 15) is 19.8 Å². The van der Waals surface area contributed by atoms with Gasteiger partial charge in [-0.05, 0) is 51.4 Å². The second kappa shape index (κ2) is 24.0. The van der Waals surface area contributed by atoms with Crippen LogP contribution in [-0.4, -0.2) is 49.2 Å². The molecule has 0 spiro atoms. The summed E-state index contributed by atoms with van der Waals surface area (Å²) in [4.78, 5) is 19.9. The summed E-state index contributed by atoms with van der Waals surface area (Å²) in [6.45, 7) is 9.42. The van der Waals surface area contributed by atoms with Crippen molar-refractivity contribution in [2.45, 2.75) is 155 Å². The van der Waals surface area contributed by atoms with Crippen LogP contribution in [-0.2, 0) is 9.47 Å². The predicted molar refractivity (Wildman–Crippen MR) is 154 cm³/mol. The van der Waals surface area contributed by atoms with Gasteiger partial charge in [-0.2, -0.15) is 0 Å². The molecule has 0 bridgehead atoms. The van der Waals surface area contributed by atoms with Crippen LogP contribution in [0.4, 0.5) is 9.59 Å². The molecule has 37 heavy (non-hydrogen) atoms. The third-order valence-electron chi connectivity index (χ3n) is 7.57. The maximum atomic E-state index is 9.93. The molecule has 0 atom stereocenters. The highest BCUT2D eigenvalue weighted by Crippen LogP contribution is 2.61. The zero-order valence-corrected chi connectivity index (χ0v) is 25.5. The largest absolute Gasteiger partial charge is 1.00 e. The van der Waals surface area contributed by atoms with E-state index in [1.54, 1.807) is 24.6 Å². The van der Waals surface area contributed by atoms with Crippen molar-refractivity contribution in [3.8, 4) is 0 Å². The normalized spacial score (nSPS) is 16.5. The summed E-state index contributed by atoms with van der Waals surface area (Å²) in [5.41, 5.74) is 0. The molecule has 0 aromatic heterocycles. The summed E-state index contributed by atoms with van der Waals surface area (Å²) in [7, 11) is -0.562. The van der Waals surface area contributed by atoms with Gasteiger partial charge < -0.3 is 29.3 Å². The maximum absolute atomic E-state index is 9.93. The summed E-state index contributed by atoms with van der Waals surface area (Å²) >= 11 is 0. The molecule has 2 rings (SSSR count). The predicted octanol–water partition coefficient (Wildman–Crippen LogP) is 7.67. The minimum absolute atomic E-state index is 0. The van der Waals surface area contributed by atoms with E-state index in [4.69, 9.17) is 0 Å². The lowest BCUT2D eigenvalue weighted by Crippen LogP contribution is -2.30. The SMILES string of the molecule is CCCC[P+](CCCC)(CCCC)CCCC.O=C([O-])OC1CCCCC1.O=C([O-])OC1CCCCC1.[H+]. The van der Waals surface area contributed by atoms with Crippen molar-refractivity contribution in [2.75, 3.05) is 24.6 Å². The third kappa shape index (κ3) is 20.6. The summed E-state index contributed by atoms with van der Waals surface area (Å²) in [6, 6.07) is 0. The molecular formula is C30H59O6P. The quantitative estimate of drug-likeness (QED) is 0.164. The van der Waals surface area contributed by atoms with E-state index in [2.05, 4.69) is 37.2 Å². The Morgan fingerprint density at radius 1 is 0.595 bits per heavy atom. The van der Waals surface area contributed by atoms with E-state index < -0.39 is 19.6 Å². The summed E-state index contributed by atoms with van der Waals surface area (Å²) in [5.74, 6) is 0. The monoisotopic (exact) mass is 546 g/mol. The molecule has 2 saturated carbocycles. The van der Waals surface area contributed by atoms with Crippen LogP contribution in [0.15, 0.2) is 0 Å². The molecule has 0 aromatic carbocycles. The molecule has 0 radical (unpaired) electrons. The van der Waals surface area contributed by atoms with Crippen LogP contribution in [0.2, 0.25) is 0 Å². The first kappa shape index (κ1) is 36.0. The molecular weight excluding hydrogens is 487 g/mol. The van der Waals surface area contributed by atoms with Crippen molar-refractivity contribution < 1.29 is 30.7 Å². The Hall–Kier alpha value is -1.03. The second-order valence-electron chi connectivity index (χ2n) is 10.9. The second-order valence-corrected chi connectivity index (χ2v) is 15.4. The Balaban J connectivity index is 0. The first-order valence-corrected chi connectivity index (χ1v) is 18.0. The number of carboxylic acid groups (broad SMARTS) is 2. The fourth-order valence-corrected chi connectivity index (χ4v) is 10.6. The Morgan fingerprint density at radius 3 is 1.08 bits per heavy atom. The zero-order valence-electron chi connectivity index (χ0n) is 25.6. The Morgan fingerprint density at radius 2 is 0.865 bits per heavy atom. The van der Waals surface area contributed by atoms with E-state index in [-0.39, 0.29) is 13.6 Å². The fourth-order valence-electron chi connectivity index (χ4n) is 5.28. The van der Waals surface area contributed by atoms with Gasteiger partial charge in [-0.1, -0.05) is 91.9 Å². The van der Waals surface area contributed by atoms with E-state index in [0.29, 0.717) is 0 Å². The minimum atomic E-state index is -1.38. The molecule has 2 aliphatic rings. The van der Waals surface area contributed by atoms with E-state index in [0.717, 1.165) is 51.4 Å². The van der Waals surface area contributed by atoms with Gasteiger partial charge in [-0.25, -0.2) is 0 Å². The van der Waals surface area contributed by atoms with Gasteiger partial charge in [0.05, 0.1) is 24.6 Å². The van der Waals surface area contributed by atoms with E-state index in [1.807, 2.05) is 0 Å². The molecule has 6 nitrogen and oxygen atoms in total. The summed E-state index contributed by atoms with van der Waals surface area (Å²) in [5, 5.41) is 19.9. The minimum Gasteiger partial charge on any atom is -0.546 e. The van der Waals surface area contributed by atoms with Crippen LogP contribution in [0.3, 0.4) is 0 Å². The van der Waals surface area contributed by atoms with Gasteiger partial charge in [-0.15, -0.1) is 0 Å². The Bertz CT molecular complexity index is 483. The highest BCUT2D eigenvalue weighted by Gasteiger charge is 2.34. The lowest BCUT2D eigenvalue weighted by Gasteiger charge is -2.28. The summed E-state index contributed by atoms with van der Waals surface area (Å²) < 4.78 is 8.99. The van der Waals surface area contributed by atoms with Crippen LogP contribution >= 0.6 is 7.26 Å². The number of unbranched alkanes of at least 4 members (excludes halogenated alkanes) is 4. The number of carbonyl (C=O) groups excluding carboxylic acids is 2. The Kier molecular flexibility index (Phi) is 23.4. The number of hydrogen-bond acceptors (Lipinski definition) is 6. The van der Waals surface area contributed by atoms with Gasteiger partial charge in [0.25, 0.3) is 12.3 Å². The molecule has 0 amide bonds. The molecule has 2 aliphatic carbocycles. The average molecular weight is 547 g/mol. The maximum Gasteiger partial charge on any atom is 1.00 e. The lowest BCUT2D eigenvalue weighted by atomic mass is 9.98. The van der Waals surface area contributed by atoms with Crippen LogP contribution in [0.1, 0.15) is 145 Å². The number of carbonyl (C=O) groups is 2. The lowest BCUT2D eigenvalue weighted by molar-refractivity contribution is -0.289. The van der Waals surface area contributed by atoms with Crippen molar-refractivity contribution in [2.24, 2.45) is 0 Å². The van der Waals surface area contributed by atoms with Crippen molar-refractivity contribution in [3.05, 3.63) is 0 Å². The molecule has 0 aromatic rings. The van der Waals surface area contributed by atoms with Crippen LogP contribution < -0.4 is 10.2 Å². The third-order valence-corrected chi connectivity index (χ3v) is 12.6. The van der Waals surface area contributed by atoms with E-state index in [1.165, 1.54) is 64.2 Å². The number of ether oxygens (including phenoxy) is 2. The van der Waals surface area contributed by atoms with Crippen molar-refractivity contribution in [3.63, 3.8) is 0 Å². The van der Waals surface area contributed by atoms with Crippen molar-refractivity contribution in [1.29, 1.82) is 0 Å². The first-order valence-electron chi connectivity index (χ1n) is 15.4. The van der Waals surface area contributed by atoms with E-state index >= 15 is 0 Å². The molecule has 220 valence electrons. The molecule has 0 heterocycles. The van der Waals surface area contributed by atoms with Crippen molar-refractivity contribution in [1.82, 2.24) is 0 Å². The molecule has 7 heteroatoms.